The van der Waals surface area contributed by atoms with E-state index in [0.29, 0.717) is 0 Å². The van der Waals surface area contributed by atoms with Crippen LogP contribution in [0, 0.1) is 19.4 Å². The van der Waals surface area contributed by atoms with Crippen LogP contribution in [0.15, 0.2) is 0 Å². The van der Waals surface area contributed by atoms with E-state index in [1.807, 2.05) is 14.0 Å². The average Bonchev–Trinajstić information content (AvgIpc) is 1.91. The van der Waals surface area contributed by atoms with Gasteiger partial charge in [-0.15, -0.1) is 0 Å². The third kappa shape index (κ3) is 18.4. The van der Waals surface area contributed by atoms with Gasteiger partial charge in [0, 0.05) is 147 Å². The molecule has 0 amide bonds. The Morgan fingerprint density at radius 1 is 0.929 bits per heavy atom. The van der Waals surface area contributed by atoms with E-state index >= 15 is 0 Å². The zero-order valence-electron chi connectivity index (χ0n) is 7.25. The maximum absolute atomic E-state index is 3.63. The maximum Gasteiger partial charge on any atom is 0 e. The number of hydrogen-bond acceptors (Lipinski definition) is 1. The summed E-state index contributed by atoms with van der Waals surface area (Å²) in [7, 11) is 1.89. The molecule has 0 aliphatic heterocycles. The Bertz CT molecular complexity index is 152. The Labute approximate surface area is 186 Å². The van der Waals surface area contributed by atoms with Crippen LogP contribution in [0.3, 0.4) is 0 Å². The molecule has 0 spiro atoms. The molecular weight excluding hydrogens is 1370 g/mol. The molecule has 0 N–H and O–H groups in total. The predicted octanol–water partition coefficient (Wildman–Crippen LogP) is 0.311. The summed E-state index contributed by atoms with van der Waals surface area (Å²) in [5, 5.41) is 0. The van der Waals surface area contributed by atoms with Gasteiger partial charge in [-0.2, -0.15) is 5.69 Å². The van der Waals surface area contributed by atoms with Gasteiger partial charge < -0.3 is 22.1 Å². The van der Waals surface area contributed by atoms with Crippen molar-refractivity contribution < 1.29 is 147 Å². The number of rotatable bonds is 0. The minimum absolute atomic E-state index is 0. The monoisotopic (exact) mass is 1380 g/mol. The molecule has 1 rings (SSSR count). The van der Waals surface area contributed by atoms with E-state index in [1.165, 1.54) is 0 Å². The topological polar surface area (TPSA) is 17.8 Å². The van der Waals surface area contributed by atoms with Gasteiger partial charge in [-0.1, -0.05) is 6.92 Å². The van der Waals surface area contributed by atoms with Crippen molar-refractivity contribution in [3.05, 3.63) is 18.2 Å². The second-order valence-electron chi connectivity index (χ2n) is 1.47. The average molecular weight is 1380 g/mol. The molecule has 0 aromatic carbocycles. The van der Waals surface area contributed by atoms with Crippen molar-refractivity contribution in [2.75, 3.05) is 0 Å². The third-order valence-electron chi connectivity index (χ3n) is 0.921. The molecule has 0 atom stereocenters. The van der Waals surface area contributed by atoms with Gasteiger partial charge in [0.05, 0.1) is 0 Å². The Morgan fingerprint density at radius 2 is 1.29 bits per heavy atom. The Kier molecular flexibility index (Phi) is 79.1. The van der Waals surface area contributed by atoms with Crippen LogP contribution in [-0.2, 0) is 155 Å². The van der Waals surface area contributed by atoms with E-state index in [4.69, 9.17) is 0 Å². The van der Waals surface area contributed by atoms with E-state index in [1.54, 1.807) is 4.57 Å². The summed E-state index contributed by atoms with van der Waals surface area (Å²) in [5.74, 6) is 0. The standard InChI is InChI=1S/C5H6N2.7W/c1-5-3-6-4-7(5)2;;;;;;;/h1-2H3;;;;;;;/q-2;;;;;;;. The molecule has 0 radical (unpaired) electrons. The van der Waals surface area contributed by atoms with Gasteiger partial charge in [-0.25, -0.2) is 0 Å². The largest absolute Gasteiger partial charge is 0.658 e. The van der Waals surface area contributed by atoms with E-state index in [9.17, 15) is 0 Å². The van der Waals surface area contributed by atoms with Crippen molar-refractivity contribution >= 4 is 0 Å². The predicted molar refractivity (Wildman–Crippen MR) is 25.6 cm³/mol. The summed E-state index contributed by atoms with van der Waals surface area (Å²) >= 11 is 0. The molecule has 1 aromatic heterocycles. The Hall–Kier alpha value is 4.03. The van der Waals surface area contributed by atoms with E-state index in [0.717, 1.165) is 5.69 Å². The second-order valence-corrected chi connectivity index (χ2v) is 1.47. The van der Waals surface area contributed by atoms with Crippen LogP contribution >= 0.6 is 0 Å². The van der Waals surface area contributed by atoms with Crippen molar-refractivity contribution in [3.63, 3.8) is 0 Å². The van der Waals surface area contributed by atoms with Gasteiger partial charge in [-0.3, -0.25) is 0 Å². The summed E-state index contributed by atoms with van der Waals surface area (Å²) in [6.07, 6.45) is 5.41. The summed E-state index contributed by atoms with van der Waals surface area (Å²) in [6.45, 7) is 1.93. The molecule has 0 saturated heterocycles. The number of aromatic nitrogens is 2. The smallest absolute Gasteiger partial charge is 0 e. The number of nitrogens with zero attached hydrogens (tertiary/aromatic N) is 2. The zero-order chi connectivity index (χ0) is 5.28. The fourth-order valence-corrected chi connectivity index (χ4v) is 0.331. The van der Waals surface area contributed by atoms with Gasteiger partial charge in [-0.05, 0) is 7.05 Å². The van der Waals surface area contributed by atoms with Crippen LogP contribution in [0.5, 0.6) is 0 Å². The van der Waals surface area contributed by atoms with Crippen LogP contribution in [0.1, 0.15) is 5.69 Å². The van der Waals surface area contributed by atoms with Crippen LogP contribution < -0.4 is 0 Å². The van der Waals surface area contributed by atoms with Gasteiger partial charge in [0.25, 0.3) is 0 Å². The fourth-order valence-electron chi connectivity index (χ4n) is 0.331. The molecule has 14 heavy (non-hydrogen) atoms. The van der Waals surface area contributed by atoms with Gasteiger partial charge >= 0.3 is 0 Å². The first-order chi connectivity index (χ1) is 3.30. The third-order valence-corrected chi connectivity index (χ3v) is 0.921. The normalized spacial score (nSPS) is 4.71. The van der Waals surface area contributed by atoms with Crippen molar-refractivity contribution in [1.82, 2.24) is 9.55 Å². The summed E-state index contributed by atoms with van der Waals surface area (Å²) < 4.78 is 1.79. The SMILES string of the molecule is Cc1[c-]n[c-]n1C.[W].[W].[W].[W].[W].[W].[W]. The zero-order valence-corrected chi connectivity index (χ0v) is 27.8. The van der Waals surface area contributed by atoms with Crippen LogP contribution in [0.4, 0.5) is 0 Å². The number of aryl methyl sites for hydroxylation is 2. The molecule has 1 aromatic rings. The fraction of sp³-hybridized carbons (Fsp3) is 0.400. The Morgan fingerprint density at radius 3 is 1.36 bits per heavy atom. The molecule has 0 unspecified atom stereocenters. The first-order valence-electron chi connectivity index (χ1n) is 2.09. The Balaban J connectivity index is -0.0000000140. The second kappa shape index (κ2) is 25.8. The van der Waals surface area contributed by atoms with Crippen molar-refractivity contribution in [1.29, 1.82) is 0 Å². The van der Waals surface area contributed by atoms with Crippen molar-refractivity contribution in [3.8, 4) is 0 Å². The summed E-state index contributed by atoms with van der Waals surface area (Å²) in [5.41, 5.74) is 1.01. The molecule has 9 heteroatoms. The first kappa shape index (κ1) is 43.0. The van der Waals surface area contributed by atoms with Gasteiger partial charge in [0.1, 0.15) is 0 Å². The van der Waals surface area contributed by atoms with Gasteiger partial charge in [0.15, 0.2) is 0 Å². The molecule has 80 valence electrons. The van der Waals surface area contributed by atoms with Crippen LogP contribution in [-0.4, -0.2) is 9.55 Å². The summed E-state index contributed by atoms with van der Waals surface area (Å²) in [6, 6.07) is 0. The molecule has 0 aliphatic rings. The molecule has 1 heterocycles. The van der Waals surface area contributed by atoms with Crippen molar-refractivity contribution in [2.24, 2.45) is 7.05 Å². The molecule has 0 bridgehead atoms. The number of imidazole rings is 1. The summed E-state index contributed by atoms with van der Waals surface area (Å²) in [4.78, 5) is 3.63. The van der Waals surface area contributed by atoms with E-state index in [2.05, 4.69) is 17.5 Å². The van der Waals surface area contributed by atoms with E-state index in [-0.39, 0.29) is 147 Å². The molecule has 0 saturated carbocycles. The van der Waals surface area contributed by atoms with Gasteiger partial charge in [0.2, 0.25) is 0 Å². The van der Waals surface area contributed by atoms with Crippen LogP contribution in [0.2, 0.25) is 0 Å². The molecular formula is C5H6N2W7-2. The maximum atomic E-state index is 3.63. The quantitative estimate of drug-likeness (QED) is 0.343. The molecule has 0 aliphatic carbocycles. The molecule has 0 fully saturated rings. The van der Waals surface area contributed by atoms with Crippen LogP contribution in [0.25, 0.3) is 0 Å². The minimum atomic E-state index is 0. The first-order valence-corrected chi connectivity index (χ1v) is 2.09. The molecule has 2 nitrogen and oxygen atoms in total. The number of hydrogen-bond donors (Lipinski definition) is 0. The minimum Gasteiger partial charge on any atom is -0.658 e. The van der Waals surface area contributed by atoms with E-state index < -0.39 is 0 Å². The van der Waals surface area contributed by atoms with Crippen molar-refractivity contribution in [2.45, 2.75) is 6.92 Å².